The van der Waals surface area contributed by atoms with E-state index in [0.29, 0.717) is 24.3 Å². The van der Waals surface area contributed by atoms with Gasteiger partial charge in [-0.3, -0.25) is 19.2 Å². The number of likely N-dealkylation sites (tertiary alicyclic amines) is 1. The molecule has 1 aliphatic heterocycles. The van der Waals surface area contributed by atoms with Crippen molar-refractivity contribution in [3.8, 4) is 11.3 Å². The normalized spacial score (nSPS) is 21.4. The molecule has 7 atom stereocenters. The SMILES string of the molecule is CCCCCCCNC(=O)N[C@@H](Cn1cnc(-c2ccc(C(=O)N3C[C@@H](C(=O)N[C@H]4C[C@@H]4c4ccccc4)[C@H](C(=O)N[C@H]4C[C@@H]4c4ccccc4)C3)cc2)c1)C(=O)NCCCCCC. The molecule has 0 radical (unpaired) electrons. The third-order valence-electron chi connectivity index (χ3n) is 12.9. The number of unbranched alkanes of at least 4 members (excludes halogenated alkanes) is 7. The number of hydrogen-bond acceptors (Lipinski definition) is 6. The summed E-state index contributed by atoms with van der Waals surface area (Å²) in [6.45, 7) is 5.87. The van der Waals surface area contributed by atoms with Gasteiger partial charge in [0.25, 0.3) is 5.91 Å². The van der Waals surface area contributed by atoms with Crippen LogP contribution in [0.2, 0.25) is 0 Å². The maximum absolute atomic E-state index is 14.1. The number of aromatic nitrogens is 2. The summed E-state index contributed by atoms with van der Waals surface area (Å²) in [5.74, 6) is -1.77. The standard InChI is InChI=1S/C51H66N8O5/c1-3-5-7-9-17-27-53-51(64)57-46(49(62)52-26-16-8-6-4-2)33-58-32-45(54-34-58)37-22-24-38(25-23-37)50(63)59-30-41(47(60)55-43-28-39(43)35-18-12-10-13-19-35)42(31-59)48(61)56-44-29-40(44)36-20-14-11-15-21-36/h10-15,18-25,32,34,39-44,46H,3-9,16-17,26-31,33H2,1-2H3,(H,52,62)(H,55,60)(H,56,61)(H2,53,57,64)/t39-,40-,41-,42-,43+,44+,46+/m1/s1. The number of imidazole rings is 1. The summed E-state index contributed by atoms with van der Waals surface area (Å²) >= 11 is 0. The molecular weight excluding hydrogens is 805 g/mol. The molecule has 1 saturated heterocycles. The van der Waals surface area contributed by atoms with Crippen LogP contribution in [0.3, 0.4) is 0 Å². The molecule has 2 saturated carbocycles. The zero-order valence-electron chi connectivity index (χ0n) is 37.5. The maximum Gasteiger partial charge on any atom is 0.315 e. The lowest BCUT2D eigenvalue weighted by Crippen LogP contribution is -2.52. The van der Waals surface area contributed by atoms with Gasteiger partial charge in [-0.1, -0.05) is 132 Å². The number of nitrogens with zero attached hydrogens (tertiary/aromatic N) is 3. The van der Waals surface area contributed by atoms with Crippen molar-refractivity contribution >= 4 is 29.7 Å². The van der Waals surface area contributed by atoms with E-state index in [1.165, 1.54) is 17.5 Å². The summed E-state index contributed by atoms with van der Waals surface area (Å²) in [5.41, 5.74) is 4.22. The number of amides is 6. The highest BCUT2D eigenvalue weighted by atomic mass is 16.2. The highest BCUT2D eigenvalue weighted by Gasteiger charge is 2.49. The largest absolute Gasteiger partial charge is 0.354 e. The predicted octanol–water partition coefficient (Wildman–Crippen LogP) is 6.92. The highest BCUT2D eigenvalue weighted by molar-refractivity contribution is 5.97. The molecule has 0 unspecified atom stereocenters. The van der Waals surface area contributed by atoms with Crippen molar-refractivity contribution in [2.45, 2.75) is 121 Å². The summed E-state index contributed by atoms with van der Waals surface area (Å²) < 4.78 is 1.79. The summed E-state index contributed by atoms with van der Waals surface area (Å²) in [7, 11) is 0. The molecule has 2 aliphatic carbocycles. The van der Waals surface area contributed by atoms with Gasteiger partial charge in [-0.05, 0) is 48.9 Å². The average Bonchev–Trinajstić information content (AvgIpc) is 4.15. The fourth-order valence-electron chi connectivity index (χ4n) is 8.93. The number of carbonyl (C=O) groups is 5. The minimum absolute atomic E-state index is 0.000645. The van der Waals surface area contributed by atoms with Crippen LogP contribution in [0.5, 0.6) is 0 Å². The van der Waals surface area contributed by atoms with E-state index in [2.05, 4.69) is 69.7 Å². The van der Waals surface area contributed by atoms with Gasteiger partial charge in [-0.15, -0.1) is 0 Å². The Morgan fingerprint density at radius 1 is 0.656 bits per heavy atom. The van der Waals surface area contributed by atoms with Crippen LogP contribution in [-0.4, -0.2) is 88.4 Å². The molecule has 0 bridgehead atoms. The van der Waals surface area contributed by atoms with Crippen LogP contribution < -0.4 is 26.6 Å². The Morgan fingerprint density at radius 2 is 1.19 bits per heavy atom. The second kappa shape index (κ2) is 22.6. The van der Waals surface area contributed by atoms with Crippen molar-refractivity contribution in [2.75, 3.05) is 26.2 Å². The van der Waals surface area contributed by atoms with E-state index < -0.39 is 17.9 Å². The van der Waals surface area contributed by atoms with Crippen LogP contribution in [0, 0.1) is 11.8 Å². The molecule has 3 aromatic carbocycles. The molecule has 64 heavy (non-hydrogen) atoms. The van der Waals surface area contributed by atoms with E-state index in [4.69, 9.17) is 0 Å². The van der Waals surface area contributed by atoms with Gasteiger partial charge in [0.05, 0.1) is 30.4 Å². The smallest absolute Gasteiger partial charge is 0.315 e. The van der Waals surface area contributed by atoms with Gasteiger partial charge in [-0.25, -0.2) is 9.78 Å². The summed E-state index contributed by atoms with van der Waals surface area (Å²) in [5, 5.41) is 15.2. The van der Waals surface area contributed by atoms with Crippen molar-refractivity contribution in [1.82, 2.24) is 41.0 Å². The van der Waals surface area contributed by atoms with E-state index in [1.54, 1.807) is 27.9 Å². The first kappa shape index (κ1) is 46.0. The van der Waals surface area contributed by atoms with Crippen LogP contribution >= 0.6 is 0 Å². The number of urea groups is 1. The maximum atomic E-state index is 14.1. The van der Waals surface area contributed by atoms with Crippen LogP contribution in [-0.2, 0) is 20.9 Å². The Labute approximate surface area is 377 Å². The third-order valence-corrected chi connectivity index (χ3v) is 12.9. The zero-order chi connectivity index (χ0) is 44.8. The minimum atomic E-state index is -0.810. The quantitative estimate of drug-likeness (QED) is 0.0508. The Kier molecular flexibility index (Phi) is 16.2. The summed E-state index contributed by atoms with van der Waals surface area (Å²) in [6, 6.07) is 26.2. The first-order chi connectivity index (χ1) is 31.2. The highest BCUT2D eigenvalue weighted by Crippen LogP contribution is 2.42. The van der Waals surface area contributed by atoms with Crippen molar-refractivity contribution in [2.24, 2.45) is 11.8 Å². The Bertz CT molecular complexity index is 2090. The van der Waals surface area contributed by atoms with E-state index in [0.717, 1.165) is 69.8 Å². The topological polar surface area (TPSA) is 167 Å². The molecule has 4 aromatic rings. The lowest BCUT2D eigenvalue weighted by Gasteiger charge is -2.19. The van der Waals surface area contributed by atoms with Crippen LogP contribution in [0.4, 0.5) is 4.79 Å². The Morgan fingerprint density at radius 3 is 1.75 bits per heavy atom. The molecule has 0 spiro atoms. The van der Waals surface area contributed by atoms with Gasteiger partial charge < -0.3 is 36.1 Å². The molecule has 340 valence electrons. The van der Waals surface area contributed by atoms with Crippen molar-refractivity contribution in [1.29, 1.82) is 0 Å². The molecule has 3 aliphatic rings. The monoisotopic (exact) mass is 871 g/mol. The average molecular weight is 871 g/mol. The molecule has 5 N–H and O–H groups in total. The lowest BCUT2D eigenvalue weighted by molar-refractivity contribution is -0.133. The fourth-order valence-corrected chi connectivity index (χ4v) is 8.93. The zero-order valence-corrected chi connectivity index (χ0v) is 37.5. The van der Waals surface area contributed by atoms with Gasteiger partial charge in [-0.2, -0.15) is 0 Å². The minimum Gasteiger partial charge on any atom is -0.354 e. The Balaban J connectivity index is 0.974. The van der Waals surface area contributed by atoms with Crippen molar-refractivity contribution < 1.29 is 24.0 Å². The van der Waals surface area contributed by atoms with E-state index >= 15 is 0 Å². The number of rotatable bonds is 23. The van der Waals surface area contributed by atoms with Gasteiger partial charge in [0.2, 0.25) is 17.7 Å². The molecule has 13 heteroatoms. The molecule has 7 rings (SSSR count). The molecule has 1 aromatic heterocycles. The Hall–Kier alpha value is -5.98. The van der Waals surface area contributed by atoms with Gasteiger partial charge in [0.1, 0.15) is 6.04 Å². The van der Waals surface area contributed by atoms with Crippen molar-refractivity contribution in [3.05, 3.63) is 114 Å². The van der Waals surface area contributed by atoms with E-state index in [-0.39, 0.29) is 73.2 Å². The van der Waals surface area contributed by atoms with E-state index in [9.17, 15) is 24.0 Å². The second-order valence-corrected chi connectivity index (χ2v) is 17.9. The van der Waals surface area contributed by atoms with Gasteiger partial charge in [0, 0.05) is 67.4 Å². The second-order valence-electron chi connectivity index (χ2n) is 17.9. The van der Waals surface area contributed by atoms with Crippen LogP contribution in [0.15, 0.2) is 97.5 Å². The summed E-state index contributed by atoms with van der Waals surface area (Å²) in [6.07, 6.45) is 14.7. The molecule has 2 heterocycles. The first-order valence-electron chi connectivity index (χ1n) is 23.7. The number of carbonyl (C=O) groups excluding carboxylic acids is 5. The van der Waals surface area contributed by atoms with Gasteiger partial charge >= 0.3 is 6.03 Å². The molecule has 13 nitrogen and oxygen atoms in total. The molecule has 3 fully saturated rings. The number of benzene rings is 3. The summed E-state index contributed by atoms with van der Waals surface area (Å²) in [4.78, 5) is 74.3. The van der Waals surface area contributed by atoms with Crippen molar-refractivity contribution in [3.63, 3.8) is 0 Å². The van der Waals surface area contributed by atoms with Crippen LogP contribution in [0.1, 0.15) is 118 Å². The van der Waals surface area contributed by atoms with Gasteiger partial charge in [0.15, 0.2) is 0 Å². The third kappa shape index (κ3) is 12.6. The molecular formula is C51H66N8O5. The van der Waals surface area contributed by atoms with E-state index in [1.807, 2.05) is 54.7 Å². The number of nitrogens with one attached hydrogen (secondary N) is 5. The first-order valence-corrected chi connectivity index (χ1v) is 23.7. The van der Waals surface area contributed by atoms with Crippen LogP contribution in [0.25, 0.3) is 11.3 Å². The molecule has 6 amide bonds. The lowest BCUT2D eigenvalue weighted by atomic mass is 9.94. The predicted molar refractivity (Wildman–Crippen MR) is 248 cm³/mol. The fraction of sp³-hybridized carbons (Fsp3) is 0.490. The number of hydrogen-bond donors (Lipinski definition) is 5.